The molecule has 156 valence electrons. The Morgan fingerprint density at radius 3 is 2.83 bits per heavy atom. The minimum Gasteiger partial charge on any atom is -0.497 e. The number of hydrogen-bond acceptors (Lipinski definition) is 6. The average molecular weight is 420 g/mol. The van der Waals surface area contributed by atoms with Gasteiger partial charge in [0.2, 0.25) is 0 Å². The fraction of sp³-hybridized carbons (Fsp3) is 0.524. The molecule has 4 rings (SSSR count). The highest BCUT2D eigenvalue weighted by Crippen LogP contribution is 2.39. The van der Waals surface area contributed by atoms with Crippen molar-refractivity contribution in [2.24, 2.45) is 5.41 Å². The van der Waals surface area contributed by atoms with Crippen molar-refractivity contribution in [3.8, 4) is 11.5 Å². The van der Waals surface area contributed by atoms with Crippen molar-refractivity contribution >= 4 is 17.5 Å². The molecule has 0 aliphatic carbocycles. The Morgan fingerprint density at radius 1 is 1.28 bits per heavy atom. The summed E-state index contributed by atoms with van der Waals surface area (Å²) in [5, 5.41) is 4.40. The summed E-state index contributed by atoms with van der Waals surface area (Å²) in [5.41, 5.74) is 0.568. The Bertz CT molecular complexity index is 887. The van der Waals surface area contributed by atoms with Crippen molar-refractivity contribution in [1.82, 2.24) is 15.0 Å². The lowest BCUT2D eigenvalue weighted by Gasteiger charge is -2.24. The number of benzene rings is 1. The summed E-state index contributed by atoms with van der Waals surface area (Å²) in [5.74, 6) is 1.57. The number of methoxy groups -OCH3 is 1. The topological polar surface area (TPSA) is 68.0 Å². The van der Waals surface area contributed by atoms with Crippen LogP contribution in [0.2, 0.25) is 5.02 Å². The summed E-state index contributed by atoms with van der Waals surface area (Å²) in [7, 11) is 1.58. The standard InChI is InChI=1S/C21H26ClN3O4/c1-3-24-8-6-21(13-24)7-9-25(14-21)20(26)18-11-16(29-23-18)12-28-19-5-4-15(27-2)10-17(19)22/h4-5,10-11H,3,6-9,12-14H2,1-2H3/t21-/m0/s1. The van der Waals surface area contributed by atoms with Crippen molar-refractivity contribution in [2.45, 2.75) is 26.4 Å². The Morgan fingerprint density at radius 2 is 2.10 bits per heavy atom. The number of likely N-dealkylation sites (tertiary alicyclic amines) is 2. The van der Waals surface area contributed by atoms with Crippen LogP contribution in [-0.2, 0) is 6.61 Å². The van der Waals surface area contributed by atoms with E-state index in [2.05, 4.69) is 17.0 Å². The van der Waals surface area contributed by atoms with Crippen molar-refractivity contribution in [3.63, 3.8) is 0 Å². The number of amides is 1. The van der Waals surface area contributed by atoms with E-state index in [1.807, 2.05) is 4.90 Å². The fourth-order valence-electron chi connectivity index (χ4n) is 4.26. The lowest BCUT2D eigenvalue weighted by Crippen LogP contribution is -2.34. The highest BCUT2D eigenvalue weighted by molar-refractivity contribution is 6.32. The van der Waals surface area contributed by atoms with Gasteiger partial charge in [-0.15, -0.1) is 0 Å². The largest absolute Gasteiger partial charge is 0.497 e. The molecule has 2 fully saturated rings. The highest BCUT2D eigenvalue weighted by Gasteiger charge is 2.44. The Kier molecular flexibility index (Phi) is 5.69. The molecule has 0 N–H and O–H groups in total. The number of carbonyl (C=O) groups excluding carboxylic acids is 1. The van der Waals surface area contributed by atoms with Gasteiger partial charge in [-0.05, 0) is 38.1 Å². The monoisotopic (exact) mass is 419 g/mol. The number of carbonyl (C=O) groups is 1. The molecule has 0 unspecified atom stereocenters. The first kappa shape index (κ1) is 20.0. The van der Waals surface area contributed by atoms with Crippen LogP contribution in [0.1, 0.15) is 36.0 Å². The molecule has 1 aromatic carbocycles. The van der Waals surface area contributed by atoms with Crippen LogP contribution < -0.4 is 9.47 Å². The van der Waals surface area contributed by atoms with Crippen LogP contribution in [0.15, 0.2) is 28.8 Å². The molecular weight excluding hydrogens is 394 g/mol. The smallest absolute Gasteiger partial charge is 0.276 e. The second-order valence-electron chi connectivity index (χ2n) is 7.86. The summed E-state index contributed by atoms with van der Waals surface area (Å²) in [6, 6.07) is 6.83. The zero-order valence-electron chi connectivity index (χ0n) is 16.8. The molecule has 3 heterocycles. The van der Waals surface area contributed by atoms with E-state index < -0.39 is 0 Å². The van der Waals surface area contributed by atoms with Gasteiger partial charge in [0.25, 0.3) is 5.91 Å². The SMILES string of the molecule is CCN1CC[C@]2(CCN(C(=O)c3cc(COc4ccc(OC)cc4Cl)on3)C2)C1. The first-order valence-corrected chi connectivity index (χ1v) is 10.3. The summed E-state index contributed by atoms with van der Waals surface area (Å²) < 4.78 is 16.1. The molecule has 29 heavy (non-hydrogen) atoms. The normalized spacial score (nSPS) is 21.8. The fourth-order valence-corrected chi connectivity index (χ4v) is 4.48. The number of hydrogen-bond donors (Lipinski definition) is 0. The molecule has 0 saturated carbocycles. The molecule has 1 spiro atoms. The van der Waals surface area contributed by atoms with E-state index >= 15 is 0 Å². The zero-order valence-corrected chi connectivity index (χ0v) is 17.6. The average Bonchev–Trinajstić information content (AvgIpc) is 3.47. The highest BCUT2D eigenvalue weighted by atomic mass is 35.5. The lowest BCUT2D eigenvalue weighted by molar-refractivity contribution is 0.0763. The third-order valence-corrected chi connectivity index (χ3v) is 6.27. The summed E-state index contributed by atoms with van der Waals surface area (Å²) in [6.07, 6.45) is 2.21. The van der Waals surface area contributed by atoms with Gasteiger partial charge in [-0.25, -0.2) is 0 Å². The molecule has 2 aromatic rings. The van der Waals surface area contributed by atoms with E-state index in [1.54, 1.807) is 31.4 Å². The van der Waals surface area contributed by atoms with Gasteiger partial charge in [-0.3, -0.25) is 4.79 Å². The van der Waals surface area contributed by atoms with Crippen LogP contribution in [0.3, 0.4) is 0 Å². The Hall–Kier alpha value is -2.25. The van der Waals surface area contributed by atoms with Crippen LogP contribution >= 0.6 is 11.6 Å². The van der Waals surface area contributed by atoms with E-state index in [1.165, 1.54) is 0 Å². The second kappa shape index (κ2) is 8.24. The number of aromatic nitrogens is 1. The number of rotatable bonds is 6. The van der Waals surface area contributed by atoms with Crippen molar-refractivity contribution < 1.29 is 18.8 Å². The maximum atomic E-state index is 12.9. The van der Waals surface area contributed by atoms with Gasteiger partial charge in [-0.2, -0.15) is 0 Å². The van der Waals surface area contributed by atoms with Crippen molar-refractivity contribution in [1.29, 1.82) is 0 Å². The van der Waals surface area contributed by atoms with Gasteiger partial charge in [0, 0.05) is 37.2 Å². The molecule has 1 aromatic heterocycles. The first-order chi connectivity index (χ1) is 14.0. The summed E-state index contributed by atoms with van der Waals surface area (Å²) in [6.45, 7) is 7.17. The van der Waals surface area contributed by atoms with Gasteiger partial charge < -0.3 is 23.8 Å². The van der Waals surface area contributed by atoms with Gasteiger partial charge in [-0.1, -0.05) is 23.7 Å². The van der Waals surface area contributed by atoms with Gasteiger partial charge in [0.1, 0.15) is 18.1 Å². The van der Waals surface area contributed by atoms with E-state index in [9.17, 15) is 4.79 Å². The van der Waals surface area contributed by atoms with Crippen molar-refractivity contribution in [2.75, 3.05) is 39.8 Å². The van der Waals surface area contributed by atoms with E-state index in [0.717, 1.165) is 45.6 Å². The zero-order chi connectivity index (χ0) is 20.4. The molecule has 7 nitrogen and oxygen atoms in total. The Labute approximate surface area is 175 Å². The van der Waals surface area contributed by atoms with Crippen LogP contribution in [0.4, 0.5) is 0 Å². The van der Waals surface area contributed by atoms with E-state index in [4.69, 9.17) is 25.6 Å². The molecule has 0 bridgehead atoms. The third kappa shape index (κ3) is 4.21. The lowest BCUT2D eigenvalue weighted by atomic mass is 9.86. The minimum atomic E-state index is -0.0747. The molecule has 2 aliphatic rings. The maximum absolute atomic E-state index is 12.9. The molecule has 0 radical (unpaired) electrons. The van der Waals surface area contributed by atoms with E-state index in [-0.39, 0.29) is 17.9 Å². The van der Waals surface area contributed by atoms with Crippen LogP contribution in [0, 0.1) is 5.41 Å². The summed E-state index contributed by atoms with van der Waals surface area (Å²) >= 11 is 6.18. The van der Waals surface area contributed by atoms with Gasteiger partial charge in [0.15, 0.2) is 11.5 Å². The van der Waals surface area contributed by atoms with Crippen LogP contribution in [0.25, 0.3) is 0 Å². The number of ether oxygens (including phenoxy) is 2. The minimum absolute atomic E-state index is 0.0747. The molecule has 8 heteroatoms. The van der Waals surface area contributed by atoms with Gasteiger partial charge in [0.05, 0.1) is 12.1 Å². The molecular formula is C21H26ClN3O4. The molecule has 1 atom stereocenters. The van der Waals surface area contributed by atoms with Crippen LogP contribution in [-0.4, -0.2) is 60.7 Å². The van der Waals surface area contributed by atoms with Crippen molar-refractivity contribution in [3.05, 3.63) is 40.7 Å². The predicted octanol–water partition coefficient (Wildman–Crippen LogP) is 3.47. The summed E-state index contributed by atoms with van der Waals surface area (Å²) in [4.78, 5) is 17.2. The maximum Gasteiger partial charge on any atom is 0.276 e. The Balaban J connectivity index is 1.35. The quantitative estimate of drug-likeness (QED) is 0.714. The molecule has 2 saturated heterocycles. The first-order valence-electron chi connectivity index (χ1n) is 9.95. The molecule has 2 aliphatic heterocycles. The predicted molar refractivity (Wildman–Crippen MR) is 109 cm³/mol. The molecule has 1 amide bonds. The van der Waals surface area contributed by atoms with Crippen LogP contribution in [0.5, 0.6) is 11.5 Å². The number of halogens is 1. The van der Waals surface area contributed by atoms with Gasteiger partial charge >= 0.3 is 0 Å². The second-order valence-corrected chi connectivity index (χ2v) is 8.27. The number of nitrogens with zero attached hydrogens (tertiary/aromatic N) is 3. The third-order valence-electron chi connectivity index (χ3n) is 5.98. The van der Waals surface area contributed by atoms with E-state index in [0.29, 0.717) is 28.0 Å².